The van der Waals surface area contributed by atoms with E-state index in [2.05, 4.69) is 37.7 Å². The molecule has 2 bridgehead atoms. The zero-order valence-electron chi connectivity index (χ0n) is 20.0. The first-order valence-electron chi connectivity index (χ1n) is 12.2. The Morgan fingerprint density at radius 1 is 1.14 bits per heavy atom. The Morgan fingerprint density at radius 3 is 2.83 bits per heavy atom. The van der Waals surface area contributed by atoms with Gasteiger partial charge in [0.1, 0.15) is 22.6 Å². The van der Waals surface area contributed by atoms with Crippen molar-refractivity contribution in [3.63, 3.8) is 0 Å². The molecule has 4 heterocycles. The summed E-state index contributed by atoms with van der Waals surface area (Å²) in [5, 5.41) is 13.3. The summed E-state index contributed by atoms with van der Waals surface area (Å²) in [7, 11) is 1.66. The van der Waals surface area contributed by atoms with Crippen LogP contribution >= 0.6 is 0 Å². The van der Waals surface area contributed by atoms with Crippen molar-refractivity contribution in [1.82, 2.24) is 34.7 Å². The van der Waals surface area contributed by atoms with E-state index in [1.807, 2.05) is 52.1 Å². The fourth-order valence-electron chi connectivity index (χ4n) is 6.04. The number of alkyl halides is 1. The van der Waals surface area contributed by atoms with E-state index in [1.165, 1.54) is 0 Å². The molecule has 3 aliphatic rings. The molecule has 0 amide bonds. The zero-order chi connectivity index (χ0) is 24.3. The Hall–Kier alpha value is -3.85. The highest BCUT2D eigenvalue weighted by molar-refractivity contribution is 5.85. The van der Waals surface area contributed by atoms with E-state index < -0.39 is 5.67 Å². The molecule has 0 spiro atoms. The van der Waals surface area contributed by atoms with Gasteiger partial charge in [0, 0.05) is 36.4 Å². The predicted molar refractivity (Wildman–Crippen MR) is 133 cm³/mol. The molecule has 36 heavy (non-hydrogen) atoms. The molecule has 8 nitrogen and oxygen atoms in total. The Bertz CT molecular complexity index is 1590. The molecule has 4 aromatic heterocycles. The highest BCUT2D eigenvalue weighted by Gasteiger charge is 2.68. The Labute approximate surface area is 207 Å². The number of benzene rings is 1. The Kier molecular flexibility index (Phi) is 4.66. The summed E-state index contributed by atoms with van der Waals surface area (Å²) in [5.74, 6) is 0.730. The minimum Gasteiger partial charge on any atom is -0.494 e. The van der Waals surface area contributed by atoms with Crippen molar-refractivity contribution in [2.45, 2.75) is 38.0 Å². The third-order valence-corrected chi connectivity index (χ3v) is 7.60. The minimum absolute atomic E-state index is 0.190. The number of rotatable bonds is 8. The van der Waals surface area contributed by atoms with Crippen molar-refractivity contribution < 1.29 is 9.13 Å². The lowest BCUT2D eigenvalue weighted by molar-refractivity contribution is -0.209. The van der Waals surface area contributed by atoms with Crippen molar-refractivity contribution in [3.8, 4) is 17.0 Å². The normalized spacial score (nSPS) is 22.5. The van der Waals surface area contributed by atoms with Crippen molar-refractivity contribution in [3.05, 3.63) is 72.6 Å². The molecule has 0 unspecified atom stereocenters. The molecule has 3 aliphatic carbocycles. The number of halogens is 1. The van der Waals surface area contributed by atoms with Crippen LogP contribution in [0.4, 0.5) is 4.39 Å². The van der Waals surface area contributed by atoms with E-state index in [0.29, 0.717) is 32.4 Å². The molecular weight excluding hydrogens is 457 g/mol. The van der Waals surface area contributed by atoms with Gasteiger partial charge in [-0.05, 0) is 66.1 Å². The number of hydrogen-bond acceptors (Lipinski definition) is 6. The van der Waals surface area contributed by atoms with E-state index in [0.717, 1.165) is 51.1 Å². The molecule has 9 heteroatoms. The number of hydrogen-bond donors (Lipinski definition) is 1. The monoisotopic (exact) mass is 483 g/mol. The average Bonchev–Trinajstić information content (AvgIpc) is 3.51. The SMILES string of the molecule is COc1cc(Cn2cc(-c3cccn4cncc34)nn2)cc2cc(CNCC34CC(F)(C3)C4)cnc12. The lowest BCUT2D eigenvalue weighted by atomic mass is 9.42. The van der Waals surface area contributed by atoms with Gasteiger partial charge in [0.25, 0.3) is 0 Å². The number of fused-ring (bicyclic) bond motifs is 2. The van der Waals surface area contributed by atoms with Crippen LogP contribution in [0, 0.1) is 5.41 Å². The highest BCUT2D eigenvalue weighted by atomic mass is 19.1. The van der Waals surface area contributed by atoms with Gasteiger partial charge in [0.2, 0.25) is 0 Å². The third kappa shape index (κ3) is 3.53. The number of nitrogens with zero attached hydrogens (tertiary/aromatic N) is 6. The molecule has 182 valence electrons. The summed E-state index contributed by atoms with van der Waals surface area (Å²) in [6.07, 6.45) is 11.5. The molecule has 1 aromatic carbocycles. The summed E-state index contributed by atoms with van der Waals surface area (Å²) in [5.41, 5.74) is 5.09. The van der Waals surface area contributed by atoms with Gasteiger partial charge in [-0.3, -0.25) is 4.98 Å². The number of imidazole rings is 1. The zero-order valence-corrected chi connectivity index (χ0v) is 20.0. The maximum Gasteiger partial charge on any atom is 0.145 e. The number of ether oxygens (including phenoxy) is 1. The molecule has 0 saturated heterocycles. The van der Waals surface area contributed by atoms with E-state index in [1.54, 1.807) is 13.4 Å². The van der Waals surface area contributed by atoms with Crippen molar-refractivity contribution >= 4 is 16.4 Å². The smallest absolute Gasteiger partial charge is 0.145 e. The van der Waals surface area contributed by atoms with Crippen LogP contribution in [0.15, 0.2) is 61.4 Å². The maximum atomic E-state index is 13.8. The fourth-order valence-corrected chi connectivity index (χ4v) is 6.04. The van der Waals surface area contributed by atoms with Crippen LogP contribution in [0.1, 0.15) is 30.4 Å². The van der Waals surface area contributed by atoms with Gasteiger partial charge in [-0.2, -0.15) is 0 Å². The lowest BCUT2D eigenvalue weighted by Gasteiger charge is -2.66. The second-order valence-corrected chi connectivity index (χ2v) is 10.4. The van der Waals surface area contributed by atoms with Crippen molar-refractivity contribution in [2.75, 3.05) is 13.7 Å². The van der Waals surface area contributed by atoms with E-state index in [-0.39, 0.29) is 5.41 Å². The molecule has 0 atom stereocenters. The molecule has 3 saturated carbocycles. The Balaban J connectivity index is 1.11. The van der Waals surface area contributed by atoms with Crippen molar-refractivity contribution in [2.24, 2.45) is 5.41 Å². The van der Waals surface area contributed by atoms with Crippen LogP contribution in [0.2, 0.25) is 0 Å². The third-order valence-electron chi connectivity index (χ3n) is 7.60. The van der Waals surface area contributed by atoms with Gasteiger partial charge >= 0.3 is 0 Å². The molecule has 3 fully saturated rings. The summed E-state index contributed by atoms with van der Waals surface area (Å²) >= 11 is 0. The van der Waals surface area contributed by atoms with Crippen LogP contribution in [0.3, 0.4) is 0 Å². The molecular formula is C27H26FN7O. The van der Waals surface area contributed by atoms with Gasteiger partial charge in [-0.25, -0.2) is 14.1 Å². The maximum absolute atomic E-state index is 13.8. The van der Waals surface area contributed by atoms with Crippen LogP contribution in [-0.2, 0) is 13.1 Å². The second kappa shape index (κ2) is 7.83. The van der Waals surface area contributed by atoms with Crippen molar-refractivity contribution in [1.29, 1.82) is 0 Å². The van der Waals surface area contributed by atoms with Gasteiger partial charge in [-0.1, -0.05) is 5.21 Å². The second-order valence-electron chi connectivity index (χ2n) is 10.4. The van der Waals surface area contributed by atoms with Gasteiger partial charge in [0.05, 0.1) is 37.9 Å². The van der Waals surface area contributed by atoms with Crippen LogP contribution in [-0.4, -0.2) is 48.7 Å². The summed E-state index contributed by atoms with van der Waals surface area (Å²) in [6, 6.07) is 10.3. The van der Waals surface area contributed by atoms with E-state index in [9.17, 15) is 4.39 Å². The standard InChI is InChI=1S/C27H26FN7O/c1-36-24-7-18(11-35-12-22(32-33-35)21-3-2-4-34-17-30-10-23(21)34)5-20-6-19(9-31-25(20)24)8-29-16-26-13-27(28,14-26)15-26/h2-7,9-10,12,17,29H,8,11,13-16H2,1H3. The predicted octanol–water partition coefficient (Wildman–Crippen LogP) is 4.18. The molecule has 0 aliphatic heterocycles. The van der Waals surface area contributed by atoms with Crippen LogP contribution in [0.25, 0.3) is 27.7 Å². The van der Waals surface area contributed by atoms with Gasteiger partial charge in [0.15, 0.2) is 0 Å². The largest absolute Gasteiger partial charge is 0.494 e. The summed E-state index contributed by atoms with van der Waals surface area (Å²) in [4.78, 5) is 8.90. The highest BCUT2D eigenvalue weighted by Crippen LogP contribution is 2.69. The summed E-state index contributed by atoms with van der Waals surface area (Å²) in [6.45, 7) is 2.13. The summed E-state index contributed by atoms with van der Waals surface area (Å²) < 4.78 is 23.2. The van der Waals surface area contributed by atoms with Crippen LogP contribution < -0.4 is 10.1 Å². The van der Waals surface area contributed by atoms with Gasteiger partial charge < -0.3 is 14.5 Å². The van der Waals surface area contributed by atoms with Gasteiger partial charge in [-0.15, -0.1) is 5.10 Å². The van der Waals surface area contributed by atoms with E-state index in [4.69, 9.17) is 4.74 Å². The van der Waals surface area contributed by atoms with Crippen LogP contribution in [0.5, 0.6) is 5.75 Å². The Morgan fingerprint density at radius 2 is 2.00 bits per heavy atom. The minimum atomic E-state index is -0.850. The topological polar surface area (TPSA) is 82.2 Å². The first-order chi connectivity index (χ1) is 17.5. The fraction of sp³-hybridized carbons (Fsp3) is 0.333. The first-order valence-corrected chi connectivity index (χ1v) is 12.2. The average molecular weight is 484 g/mol. The first kappa shape index (κ1) is 21.4. The lowest BCUT2D eigenvalue weighted by Crippen LogP contribution is -2.67. The van der Waals surface area contributed by atoms with E-state index >= 15 is 0 Å². The molecule has 5 aromatic rings. The quantitative estimate of drug-likeness (QED) is 0.357. The number of pyridine rings is 2. The molecule has 8 rings (SSSR count). The number of nitrogens with one attached hydrogen (secondary N) is 1. The molecule has 0 radical (unpaired) electrons. The number of aromatic nitrogens is 6. The molecule has 1 N–H and O–H groups in total. The number of methoxy groups -OCH3 is 1.